The van der Waals surface area contributed by atoms with Gasteiger partial charge < -0.3 is 10.1 Å². The molecule has 0 radical (unpaired) electrons. The molecule has 27 heavy (non-hydrogen) atoms. The minimum atomic E-state index is -3.91. The number of hydrogen-bond acceptors (Lipinski definition) is 4. The van der Waals surface area contributed by atoms with E-state index < -0.39 is 38.4 Å². The van der Waals surface area contributed by atoms with E-state index >= 15 is 0 Å². The van der Waals surface area contributed by atoms with Crippen LogP contribution in [0.25, 0.3) is 0 Å². The zero-order valence-corrected chi connectivity index (χ0v) is 17.7. The van der Waals surface area contributed by atoms with Crippen molar-refractivity contribution in [1.82, 2.24) is 0 Å². The molecule has 10 heteroatoms. The first-order chi connectivity index (χ1) is 12.6. The molecule has 0 saturated carbocycles. The van der Waals surface area contributed by atoms with Crippen LogP contribution in [-0.4, -0.2) is 20.8 Å². The summed E-state index contributed by atoms with van der Waals surface area (Å²) in [6.45, 7) is 3.15. The maximum atomic E-state index is 14.5. The van der Waals surface area contributed by atoms with Crippen molar-refractivity contribution in [2.24, 2.45) is 0 Å². The van der Waals surface area contributed by atoms with Gasteiger partial charge >= 0.3 is 0 Å². The summed E-state index contributed by atoms with van der Waals surface area (Å²) in [4.78, 5) is 0. The Morgan fingerprint density at radius 3 is 2.37 bits per heavy atom. The van der Waals surface area contributed by atoms with Crippen molar-refractivity contribution in [3.05, 3.63) is 45.3 Å². The third kappa shape index (κ3) is 4.78. The first-order valence-electron chi connectivity index (χ1n) is 7.90. The van der Waals surface area contributed by atoms with Gasteiger partial charge in [0.05, 0.1) is 18.0 Å². The molecule has 0 aliphatic carbocycles. The molecule has 0 spiro atoms. The second-order valence-electron chi connectivity index (χ2n) is 5.74. The van der Waals surface area contributed by atoms with Crippen molar-refractivity contribution in [3.8, 4) is 5.75 Å². The van der Waals surface area contributed by atoms with E-state index in [4.69, 9.17) is 4.74 Å². The van der Waals surface area contributed by atoms with Crippen LogP contribution in [0.15, 0.2) is 24.3 Å². The molecule has 148 valence electrons. The first-order valence-corrected chi connectivity index (χ1v) is 10.5. The topological polar surface area (TPSA) is 67.4 Å². The molecular weight excluding hydrogens is 496 g/mol. The highest BCUT2D eigenvalue weighted by molar-refractivity contribution is 14.1. The Balaban J connectivity index is 2.62. The van der Waals surface area contributed by atoms with E-state index in [9.17, 15) is 21.6 Å². The van der Waals surface area contributed by atoms with Crippen LogP contribution in [0.1, 0.15) is 20.3 Å². The minimum absolute atomic E-state index is 0.147. The lowest BCUT2D eigenvalue weighted by Gasteiger charge is -2.20. The molecule has 5 nitrogen and oxygen atoms in total. The number of benzene rings is 2. The van der Waals surface area contributed by atoms with Crippen molar-refractivity contribution in [3.63, 3.8) is 0 Å². The highest BCUT2D eigenvalue weighted by Crippen LogP contribution is 2.40. The van der Waals surface area contributed by atoms with Gasteiger partial charge in [-0.3, -0.25) is 4.72 Å². The monoisotopic (exact) mass is 514 g/mol. The number of methoxy groups -OCH3 is 1. The van der Waals surface area contributed by atoms with Gasteiger partial charge in [-0.1, -0.05) is 6.92 Å². The lowest BCUT2D eigenvalue weighted by molar-refractivity contribution is 0.409. The zero-order valence-electron chi connectivity index (χ0n) is 14.7. The quantitative estimate of drug-likeness (QED) is 0.511. The van der Waals surface area contributed by atoms with Crippen molar-refractivity contribution in [2.45, 2.75) is 25.5 Å². The fourth-order valence-corrected chi connectivity index (χ4v) is 3.75. The molecule has 2 aromatic rings. The molecule has 2 rings (SSSR count). The third-order valence-corrected chi connectivity index (χ3v) is 6.50. The van der Waals surface area contributed by atoms with Crippen LogP contribution in [-0.2, 0) is 10.0 Å². The lowest BCUT2D eigenvalue weighted by atomic mass is 10.2. The second kappa shape index (κ2) is 8.55. The number of hydrogen-bond donors (Lipinski definition) is 2. The number of sulfonamides is 1. The summed E-state index contributed by atoms with van der Waals surface area (Å²) in [6.07, 6.45) is 0.301. The van der Waals surface area contributed by atoms with Gasteiger partial charge in [0.1, 0.15) is 22.9 Å². The molecule has 0 saturated heterocycles. The van der Waals surface area contributed by atoms with E-state index in [1.54, 1.807) is 13.0 Å². The Bertz CT molecular complexity index is 955. The smallest absolute Gasteiger partial charge is 0.235 e. The largest absolute Gasteiger partial charge is 0.494 e. The van der Waals surface area contributed by atoms with Gasteiger partial charge in [-0.2, -0.15) is 0 Å². The van der Waals surface area contributed by atoms with E-state index in [-0.39, 0.29) is 17.1 Å². The average molecular weight is 514 g/mol. The van der Waals surface area contributed by atoms with Gasteiger partial charge in [-0.05, 0) is 54.1 Å². The van der Waals surface area contributed by atoms with Gasteiger partial charge in [-0.25, -0.2) is 21.6 Å². The molecule has 0 aliphatic heterocycles. The second-order valence-corrected chi connectivity index (χ2v) is 9.08. The predicted molar refractivity (Wildman–Crippen MR) is 108 cm³/mol. The van der Waals surface area contributed by atoms with Crippen LogP contribution < -0.4 is 14.8 Å². The highest BCUT2D eigenvalue weighted by atomic mass is 127. The van der Waals surface area contributed by atoms with E-state index in [2.05, 4.69) is 10.0 Å². The normalized spacial score (nSPS) is 12.6. The van der Waals surface area contributed by atoms with Crippen LogP contribution >= 0.6 is 22.6 Å². The fourth-order valence-electron chi connectivity index (χ4n) is 2.17. The molecule has 0 bridgehead atoms. The van der Waals surface area contributed by atoms with Crippen LogP contribution in [0.4, 0.5) is 30.2 Å². The number of rotatable bonds is 7. The summed E-state index contributed by atoms with van der Waals surface area (Å²) in [7, 11) is -2.73. The Labute approximate surface area is 169 Å². The summed E-state index contributed by atoms with van der Waals surface area (Å²) < 4.78 is 75.3. The van der Waals surface area contributed by atoms with Crippen molar-refractivity contribution in [1.29, 1.82) is 0 Å². The summed E-state index contributed by atoms with van der Waals surface area (Å²) in [5, 5.41) is 1.64. The molecule has 1 atom stereocenters. The lowest BCUT2D eigenvalue weighted by Crippen LogP contribution is -2.25. The molecular formula is C17H18F3IN2O3S. The summed E-state index contributed by atoms with van der Waals surface area (Å²) >= 11 is 1.90. The molecule has 0 heterocycles. The van der Waals surface area contributed by atoms with E-state index in [0.29, 0.717) is 9.99 Å². The van der Waals surface area contributed by atoms with Crippen molar-refractivity contribution >= 4 is 49.7 Å². The van der Waals surface area contributed by atoms with Crippen LogP contribution in [0.3, 0.4) is 0 Å². The number of nitrogens with one attached hydrogen (secondary N) is 2. The summed E-state index contributed by atoms with van der Waals surface area (Å²) in [6, 6.07) is 4.81. The summed E-state index contributed by atoms with van der Waals surface area (Å²) in [5.74, 6) is -3.59. The van der Waals surface area contributed by atoms with Crippen LogP contribution in [0.2, 0.25) is 0 Å². The number of halogens is 4. The Morgan fingerprint density at radius 1 is 1.15 bits per heavy atom. The molecule has 2 N–H and O–H groups in total. The van der Waals surface area contributed by atoms with Gasteiger partial charge in [-0.15, -0.1) is 0 Å². The molecule has 0 aliphatic rings. The van der Waals surface area contributed by atoms with Crippen LogP contribution in [0, 0.1) is 21.0 Å². The maximum Gasteiger partial charge on any atom is 0.235 e. The molecule has 0 fully saturated rings. The molecule has 1 unspecified atom stereocenters. The highest BCUT2D eigenvalue weighted by Gasteiger charge is 2.26. The first kappa shape index (κ1) is 21.6. The number of ether oxygens (including phenoxy) is 1. The average Bonchev–Trinajstić information content (AvgIpc) is 2.61. The SMILES string of the molecule is CCC(C)S(=O)(=O)Nc1c(OC)cc(F)c(F)c1Nc1ccc(I)cc1F. The third-order valence-electron chi connectivity index (χ3n) is 3.94. The van der Waals surface area contributed by atoms with Gasteiger partial charge in [0, 0.05) is 9.64 Å². The van der Waals surface area contributed by atoms with E-state index in [0.717, 1.165) is 6.07 Å². The number of anilines is 3. The zero-order chi connectivity index (χ0) is 20.4. The van der Waals surface area contributed by atoms with E-state index in [1.165, 1.54) is 26.2 Å². The molecule has 0 amide bonds. The van der Waals surface area contributed by atoms with Gasteiger partial charge in [0.2, 0.25) is 10.0 Å². The van der Waals surface area contributed by atoms with Gasteiger partial charge in [0.15, 0.2) is 11.6 Å². The van der Waals surface area contributed by atoms with Gasteiger partial charge in [0.25, 0.3) is 0 Å². The minimum Gasteiger partial charge on any atom is -0.494 e. The molecule has 2 aromatic carbocycles. The standard InChI is InChI=1S/C17H18F3IN2O3S/c1-4-9(2)27(24,25)23-16-14(26-3)8-12(19)15(20)17(16)22-13-6-5-10(21)7-11(13)18/h5-9,22-23H,4H2,1-3H3. The Kier molecular flexibility index (Phi) is 6.84. The Hall–Kier alpha value is -1.69. The van der Waals surface area contributed by atoms with Crippen LogP contribution in [0.5, 0.6) is 5.75 Å². The van der Waals surface area contributed by atoms with E-state index in [1.807, 2.05) is 22.6 Å². The Morgan fingerprint density at radius 2 is 1.81 bits per heavy atom. The fraction of sp³-hybridized carbons (Fsp3) is 0.294. The maximum absolute atomic E-state index is 14.5. The predicted octanol–water partition coefficient (Wildman–Crippen LogP) is 5.00. The van der Waals surface area contributed by atoms with Crippen molar-refractivity contribution < 1.29 is 26.3 Å². The van der Waals surface area contributed by atoms with Crippen molar-refractivity contribution in [2.75, 3.05) is 17.1 Å². The molecule has 0 aromatic heterocycles. The summed E-state index contributed by atoms with van der Waals surface area (Å²) in [5.41, 5.74) is -1.06.